The largest absolute Gasteiger partial charge is 0.393 e. The molecule has 0 atom stereocenters. The van der Waals surface area contributed by atoms with E-state index in [0.29, 0.717) is 11.6 Å². The van der Waals surface area contributed by atoms with Crippen LogP contribution in [-0.2, 0) is 0 Å². The normalized spacial score (nSPS) is 23.1. The molecule has 0 bridgehead atoms. The first kappa shape index (κ1) is 15.3. The van der Waals surface area contributed by atoms with Crippen LogP contribution in [0.2, 0.25) is 5.02 Å². The molecule has 2 N–H and O–H groups in total. The fraction of sp³-hybridized carbons (Fsp3) is 0.714. The molecular weight excluding hydrogens is 278 g/mol. The van der Waals surface area contributed by atoms with Gasteiger partial charge in [0, 0.05) is 6.54 Å². The van der Waals surface area contributed by atoms with Crippen molar-refractivity contribution in [3.63, 3.8) is 0 Å². The minimum Gasteiger partial charge on any atom is -0.393 e. The zero-order valence-electron chi connectivity index (χ0n) is 12.0. The van der Waals surface area contributed by atoms with Gasteiger partial charge in [0.1, 0.15) is 5.02 Å². The van der Waals surface area contributed by atoms with Gasteiger partial charge in [0.2, 0.25) is 0 Å². The van der Waals surface area contributed by atoms with Crippen LogP contribution in [0.15, 0.2) is 11.0 Å². The molecule has 0 aromatic carbocycles. The molecule has 0 saturated heterocycles. The summed E-state index contributed by atoms with van der Waals surface area (Å²) in [4.78, 5) is 12.0. The SMILES string of the molecule is CC(C)n1ncc(NCC2CCC(O)CC2)c(Cl)c1=O. The smallest absolute Gasteiger partial charge is 0.287 e. The highest BCUT2D eigenvalue weighted by Crippen LogP contribution is 2.25. The number of hydrogen-bond acceptors (Lipinski definition) is 4. The Balaban J connectivity index is 2.00. The maximum Gasteiger partial charge on any atom is 0.287 e. The highest BCUT2D eigenvalue weighted by molar-refractivity contribution is 6.32. The molecule has 1 fully saturated rings. The molecule has 0 amide bonds. The van der Waals surface area contributed by atoms with Gasteiger partial charge in [-0.25, -0.2) is 4.68 Å². The molecule has 20 heavy (non-hydrogen) atoms. The van der Waals surface area contributed by atoms with Gasteiger partial charge in [-0.05, 0) is 45.4 Å². The van der Waals surface area contributed by atoms with Crippen LogP contribution in [0.4, 0.5) is 5.69 Å². The van der Waals surface area contributed by atoms with Gasteiger partial charge in [-0.3, -0.25) is 4.79 Å². The third-order valence-electron chi connectivity index (χ3n) is 3.83. The summed E-state index contributed by atoms with van der Waals surface area (Å²) in [6.45, 7) is 4.55. The number of anilines is 1. The van der Waals surface area contributed by atoms with Gasteiger partial charge in [0.25, 0.3) is 5.56 Å². The first-order valence-electron chi connectivity index (χ1n) is 7.18. The second-order valence-electron chi connectivity index (χ2n) is 5.77. The third-order valence-corrected chi connectivity index (χ3v) is 4.20. The molecule has 5 nitrogen and oxygen atoms in total. The van der Waals surface area contributed by atoms with Crippen LogP contribution < -0.4 is 10.9 Å². The Hall–Kier alpha value is -1.07. The second kappa shape index (κ2) is 6.59. The van der Waals surface area contributed by atoms with E-state index < -0.39 is 0 Å². The van der Waals surface area contributed by atoms with Crippen molar-refractivity contribution < 1.29 is 5.11 Å². The number of nitrogens with one attached hydrogen (secondary N) is 1. The topological polar surface area (TPSA) is 67.2 Å². The summed E-state index contributed by atoms with van der Waals surface area (Å²) in [5.74, 6) is 0.516. The maximum atomic E-state index is 12.0. The molecule has 112 valence electrons. The van der Waals surface area contributed by atoms with Crippen LogP contribution in [0.1, 0.15) is 45.6 Å². The minimum atomic E-state index is -0.259. The zero-order chi connectivity index (χ0) is 14.7. The van der Waals surface area contributed by atoms with Gasteiger partial charge >= 0.3 is 0 Å². The zero-order valence-corrected chi connectivity index (χ0v) is 12.7. The van der Waals surface area contributed by atoms with E-state index in [1.165, 1.54) is 4.68 Å². The first-order chi connectivity index (χ1) is 9.49. The van der Waals surface area contributed by atoms with Gasteiger partial charge in [-0.1, -0.05) is 11.6 Å². The van der Waals surface area contributed by atoms with E-state index in [-0.39, 0.29) is 22.7 Å². The van der Waals surface area contributed by atoms with E-state index in [1.807, 2.05) is 13.8 Å². The van der Waals surface area contributed by atoms with Crippen LogP contribution in [0.25, 0.3) is 0 Å². The number of aliphatic hydroxyl groups is 1. The van der Waals surface area contributed by atoms with Gasteiger partial charge in [-0.15, -0.1) is 0 Å². The van der Waals surface area contributed by atoms with Crippen molar-refractivity contribution >= 4 is 17.3 Å². The van der Waals surface area contributed by atoms with Crippen LogP contribution >= 0.6 is 11.6 Å². The molecule has 1 aliphatic carbocycles. The highest BCUT2D eigenvalue weighted by Gasteiger charge is 2.19. The lowest BCUT2D eigenvalue weighted by molar-refractivity contribution is 0.111. The standard InChI is InChI=1S/C14H22ClN3O2/c1-9(2)18-14(20)13(15)12(8-17-18)16-7-10-3-5-11(19)6-4-10/h8-11,16,19H,3-7H2,1-2H3. The molecule has 1 heterocycles. The number of aromatic nitrogens is 2. The van der Waals surface area contributed by atoms with Gasteiger partial charge in [-0.2, -0.15) is 5.10 Å². The molecule has 1 saturated carbocycles. The minimum absolute atomic E-state index is 0.00566. The molecule has 0 unspecified atom stereocenters. The Labute approximate surface area is 124 Å². The molecule has 0 aliphatic heterocycles. The Morgan fingerprint density at radius 1 is 1.45 bits per heavy atom. The van der Waals surface area contributed by atoms with E-state index in [4.69, 9.17) is 11.6 Å². The Kier molecular flexibility index (Phi) is 5.05. The average Bonchev–Trinajstić information content (AvgIpc) is 2.42. The lowest BCUT2D eigenvalue weighted by atomic mass is 9.87. The van der Waals surface area contributed by atoms with E-state index in [0.717, 1.165) is 32.2 Å². The van der Waals surface area contributed by atoms with Gasteiger partial charge in [0.15, 0.2) is 0 Å². The van der Waals surface area contributed by atoms with E-state index >= 15 is 0 Å². The van der Waals surface area contributed by atoms with Gasteiger partial charge in [0.05, 0.1) is 24.0 Å². The fourth-order valence-corrected chi connectivity index (χ4v) is 2.74. The summed E-state index contributed by atoms with van der Waals surface area (Å²) in [6, 6.07) is -0.00566. The molecule has 1 aromatic heterocycles. The predicted octanol–water partition coefficient (Wildman–Crippen LogP) is 2.44. The van der Waals surface area contributed by atoms with Crippen LogP contribution in [0, 0.1) is 5.92 Å². The molecule has 0 radical (unpaired) electrons. The van der Waals surface area contributed by atoms with E-state index in [1.54, 1.807) is 6.20 Å². The predicted molar refractivity (Wildman–Crippen MR) is 80.3 cm³/mol. The molecule has 1 aromatic rings. The lowest BCUT2D eigenvalue weighted by Crippen LogP contribution is -2.27. The second-order valence-corrected chi connectivity index (χ2v) is 6.15. The maximum absolute atomic E-state index is 12.0. The quantitative estimate of drug-likeness (QED) is 0.896. The summed E-state index contributed by atoms with van der Waals surface area (Å²) in [7, 11) is 0. The van der Waals surface area contributed by atoms with Crippen LogP contribution in [0.3, 0.4) is 0 Å². The van der Waals surface area contributed by atoms with Crippen molar-refractivity contribution in [1.82, 2.24) is 9.78 Å². The lowest BCUT2D eigenvalue weighted by Gasteiger charge is -2.25. The number of nitrogens with zero attached hydrogens (tertiary/aromatic N) is 2. The summed E-state index contributed by atoms with van der Waals surface area (Å²) < 4.78 is 1.38. The van der Waals surface area contributed by atoms with E-state index in [9.17, 15) is 9.90 Å². The molecule has 0 spiro atoms. The van der Waals surface area contributed by atoms with Crippen molar-refractivity contribution in [1.29, 1.82) is 0 Å². The number of halogens is 1. The summed E-state index contributed by atoms with van der Waals surface area (Å²) in [5, 5.41) is 17.0. The summed E-state index contributed by atoms with van der Waals surface area (Å²) in [5.41, 5.74) is 0.338. The van der Waals surface area contributed by atoms with Crippen molar-refractivity contribution in [2.24, 2.45) is 5.92 Å². The molecule has 1 aliphatic rings. The Morgan fingerprint density at radius 3 is 2.70 bits per heavy atom. The van der Waals surface area contributed by atoms with Crippen LogP contribution in [0.5, 0.6) is 0 Å². The molecule has 2 rings (SSSR count). The number of rotatable bonds is 4. The van der Waals surface area contributed by atoms with Crippen molar-refractivity contribution in [2.45, 2.75) is 51.7 Å². The average molecular weight is 300 g/mol. The Morgan fingerprint density at radius 2 is 2.10 bits per heavy atom. The fourth-order valence-electron chi connectivity index (χ4n) is 2.54. The van der Waals surface area contributed by atoms with Crippen molar-refractivity contribution in [3.05, 3.63) is 21.6 Å². The summed E-state index contributed by atoms with van der Waals surface area (Å²) >= 11 is 6.11. The first-order valence-corrected chi connectivity index (χ1v) is 7.56. The van der Waals surface area contributed by atoms with E-state index in [2.05, 4.69) is 10.4 Å². The van der Waals surface area contributed by atoms with Crippen molar-refractivity contribution in [2.75, 3.05) is 11.9 Å². The monoisotopic (exact) mass is 299 g/mol. The third kappa shape index (κ3) is 3.52. The summed E-state index contributed by atoms with van der Waals surface area (Å²) in [6.07, 6.45) is 5.18. The number of aliphatic hydroxyl groups excluding tert-OH is 1. The Bertz CT molecular complexity index is 508. The van der Waals surface area contributed by atoms with Gasteiger partial charge < -0.3 is 10.4 Å². The molecule has 6 heteroatoms. The van der Waals surface area contributed by atoms with Crippen LogP contribution in [-0.4, -0.2) is 27.5 Å². The van der Waals surface area contributed by atoms with Crippen molar-refractivity contribution in [3.8, 4) is 0 Å². The highest BCUT2D eigenvalue weighted by atomic mass is 35.5. The molecular formula is C14H22ClN3O2. The number of hydrogen-bond donors (Lipinski definition) is 2.